The summed E-state index contributed by atoms with van der Waals surface area (Å²) in [4.78, 5) is 0. The number of aryl methyl sites for hydroxylation is 2. The molecule has 0 spiro atoms. The lowest BCUT2D eigenvalue weighted by molar-refractivity contribution is 0.137. The maximum Gasteiger partial charge on any atom is 0.0942 e. The van der Waals surface area contributed by atoms with Gasteiger partial charge in [-0.05, 0) is 25.8 Å². The smallest absolute Gasteiger partial charge is 0.0942 e. The minimum atomic E-state index is -0.140. The van der Waals surface area contributed by atoms with Crippen molar-refractivity contribution < 1.29 is 5.11 Å². The van der Waals surface area contributed by atoms with E-state index in [9.17, 15) is 5.11 Å². The van der Waals surface area contributed by atoms with Crippen molar-refractivity contribution in [3.63, 3.8) is 0 Å². The Kier molecular flexibility index (Phi) is 3.36. The number of rotatable bonds is 2. The zero-order valence-corrected chi connectivity index (χ0v) is 10.1. The third kappa shape index (κ3) is 2.55. The van der Waals surface area contributed by atoms with Crippen LogP contribution in [0.3, 0.4) is 0 Å². The second kappa shape index (κ2) is 4.58. The minimum absolute atomic E-state index is 0.140. The fraction of sp³-hybridized carbons (Fsp3) is 0.727. The van der Waals surface area contributed by atoms with Crippen molar-refractivity contribution in [3.05, 3.63) is 11.8 Å². The molecule has 1 fully saturated rings. The van der Waals surface area contributed by atoms with Gasteiger partial charge in [-0.3, -0.25) is 4.68 Å². The molecule has 4 heteroatoms. The van der Waals surface area contributed by atoms with Crippen molar-refractivity contribution in [2.24, 2.45) is 7.05 Å². The van der Waals surface area contributed by atoms with Gasteiger partial charge in [-0.2, -0.15) is 5.10 Å². The summed E-state index contributed by atoms with van der Waals surface area (Å²) in [6.45, 7) is 2.00. The molecule has 15 heavy (non-hydrogen) atoms. The van der Waals surface area contributed by atoms with E-state index in [0.29, 0.717) is 5.25 Å². The van der Waals surface area contributed by atoms with Crippen molar-refractivity contribution >= 4 is 11.8 Å². The molecular weight excluding hydrogens is 208 g/mol. The predicted molar refractivity (Wildman–Crippen MR) is 62.1 cm³/mol. The van der Waals surface area contributed by atoms with Crippen LogP contribution in [-0.2, 0) is 7.05 Å². The molecule has 0 radical (unpaired) electrons. The van der Waals surface area contributed by atoms with Gasteiger partial charge in [0.1, 0.15) is 0 Å². The lowest BCUT2D eigenvalue weighted by Crippen LogP contribution is -2.26. The Labute approximate surface area is 94.9 Å². The van der Waals surface area contributed by atoms with Crippen LogP contribution in [0.5, 0.6) is 0 Å². The zero-order chi connectivity index (χ0) is 10.8. The third-order valence-electron chi connectivity index (χ3n) is 2.90. The molecule has 1 N–H and O–H groups in total. The van der Waals surface area contributed by atoms with Crippen LogP contribution in [0.2, 0.25) is 0 Å². The number of nitrogens with zero attached hydrogens (tertiary/aromatic N) is 2. The molecule has 1 saturated carbocycles. The number of aromatic nitrogens is 2. The minimum Gasteiger partial charge on any atom is -0.392 e. The molecule has 84 valence electrons. The molecule has 1 aromatic rings. The van der Waals surface area contributed by atoms with Gasteiger partial charge >= 0.3 is 0 Å². The van der Waals surface area contributed by atoms with E-state index < -0.39 is 0 Å². The first-order valence-electron chi connectivity index (χ1n) is 5.52. The fourth-order valence-electron chi connectivity index (χ4n) is 2.07. The van der Waals surface area contributed by atoms with Gasteiger partial charge in [0.2, 0.25) is 0 Å². The van der Waals surface area contributed by atoms with Gasteiger partial charge < -0.3 is 5.11 Å². The van der Waals surface area contributed by atoms with Crippen LogP contribution in [0.1, 0.15) is 31.4 Å². The maximum absolute atomic E-state index is 9.88. The topological polar surface area (TPSA) is 38.0 Å². The first-order valence-corrected chi connectivity index (χ1v) is 6.40. The summed E-state index contributed by atoms with van der Waals surface area (Å²) in [6, 6.07) is 2.09. The van der Waals surface area contributed by atoms with Crippen molar-refractivity contribution in [2.45, 2.75) is 49.0 Å². The summed E-state index contributed by atoms with van der Waals surface area (Å²) in [6.07, 6.45) is 4.35. The molecule has 3 nitrogen and oxygen atoms in total. The van der Waals surface area contributed by atoms with E-state index in [1.54, 1.807) is 11.8 Å². The molecular formula is C11H18N2OS. The summed E-state index contributed by atoms with van der Waals surface area (Å²) in [5.74, 6) is 0. The van der Waals surface area contributed by atoms with Gasteiger partial charge in [0.25, 0.3) is 0 Å². The van der Waals surface area contributed by atoms with E-state index in [0.717, 1.165) is 18.5 Å². The summed E-state index contributed by atoms with van der Waals surface area (Å²) >= 11 is 1.77. The molecule has 1 aliphatic carbocycles. The van der Waals surface area contributed by atoms with Gasteiger partial charge in [-0.15, -0.1) is 11.8 Å². The van der Waals surface area contributed by atoms with Crippen LogP contribution in [0, 0.1) is 6.92 Å². The van der Waals surface area contributed by atoms with Gasteiger partial charge in [0.05, 0.1) is 16.8 Å². The predicted octanol–water partition coefficient (Wildman–Crippen LogP) is 2.12. The molecule has 0 saturated heterocycles. The quantitative estimate of drug-likeness (QED) is 0.839. The molecule has 0 unspecified atom stereocenters. The number of aliphatic hydroxyl groups excluding tert-OH is 1. The second-order valence-corrected chi connectivity index (χ2v) is 5.52. The Bertz CT molecular complexity index is 337. The molecule has 0 aromatic carbocycles. The highest BCUT2D eigenvalue weighted by Crippen LogP contribution is 2.33. The van der Waals surface area contributed by atoms with Gasteiger partial charge in [-0.1, -0.05) is 12.8 Å². The Hall–Kier alpha value is -0.480. The van der Waals surface area contributed by atoms with Crippen LogP contribution in [0.15, 0.2) is 11.1 Å². The van der Waals surface area contributed by atoms with E-state index in [2.05, 4.69) is 11.2 Å². The van der Waals surface area contributed by atoms with Crippen molar-refractivity contribution in [3.8, 4) is 0 Å². The van der Waals surface area contributed by atoms with E-state index >= 15 is 0 Å². The molecule has 0 aliphatic heterocycles. The molecule has 1 aromatic heterocycles. The highest BCUT2D eigenvalue weighted by molar-refractivity contribution is 7.99. The summed E-state index contributed by atoms with van der Waals surface area (Å²) in [7, 11) is 1.96. The Balaban J connectivity index is 2.04. The molecule has 2 rings (SSSR count). The zero-order valence-electron chi connectivity index (χ0n) is 9.31. The van der Waals surface area contributed by atoms with E-state index in [4.69, 9.17) is 0 Å². The van der Waals surface area contributed by atoms with E-state index in [1.165, 1.54) is 17.9 Å². The molecule has 2 atom stereocenters. The van der Waals surface area contributed by atoms with Crippen LogP contribution in [0.25, 0.3) is 0 Å². The normalized spacial score (nSPS) is 26.9. The Morgan fingerprint density at radius 3 is 2.80 bits per heavy atom. The van der Waals surface area contributed by atoms with Crippen LogP contribution in [0.4, 0.5) is 0 Å². The number of aliphatic hydroxyl groups is 1. The summed E-state index contributed by atoms with van der Waals surface area (Å²) in [5.41, 5.74) is 1.05. The van der Waals surface area contributed by atoms with Crippen LogP contribution < -0.4 is 0 Å². The number of hydrogen-bond acceptors (Lipinski definition) is 3. The van der Waals surface area contributed by atoms with Crippen LogP contribution in [-0.4, -0.2) is 26.2 Å². The highest BCUT2D eigenvalue weighted by atomic mass is 32.2. The first-order chi connectivity index (χ1) is 7.16. The third-order valence-corrected chi connectivity index (χ3v) is 4.38. The lowest BCUT2D eigenvalue weighted by Gasteiger charge is -2.26. The first kappa shape index (κ1) is 11.0. The van der Waals surface area contributed by atoms with Crippen molar-refractivity contribution in [1.82, 2.24) is 9.78 Å². The van der Waals surface area contributed by atoms with Gasteiger partial charge in [0, 0.05) is 12.3 Å². The van der Waals surface area contributed by atoms with Gasteiger partial charge in [0.15, 0.2) is 0 Å². The fourth-order valence-corrected chi connectivity index (χ4v) is 3.39. The Morgan fingerprint density at radius 2 is 2.20 bits per heavy atom. The summed E-state index contributed by atoms with van der Waals surface area (Å²) < 4.78 is 1.90. The van der Waals surface area contributed by atoms with E-state index in [1.807, 2.05) is 18.7 Å². The number of hydrogen-bond donors (Lipinski definition) is 1. The monoisotopic (exact) mass is 226 g/mol. The molecule has 1 aliphatic rings. The lowest BCUT2D eigenvalue weighted by atomic mass is 9.97. The largest absolute Gasteiger partial charge is 0.392 e. The highest BCUT2D eigenvalue weighted by Gasteiger charge is 2.24. The summed E-state index contributed by atoms with van der Waals surface area (Å²) in [5, 5.41) is 15.7. The van der Waals surface area contributed by atoms with E-state index in [-0.39, 0.29) is 6.10 Å². The Morgan fingerprint density at radius 1 is 1.47 bits per heavy atom. The average Bonchev–Trinajstić information content (AvgIpc) is 2.49. The average molecular weight is 226 g/mol. The maximum atomic E-state index is 9.88. The van der Waals surface area contributed by atoms with Gasteiger partial charge in [-0.25, -0.2) is 0 Å². The SMILES string of the molecule is Cc1cc(S[C@H]2CCCC[C@@H]2O)n(C)n1. The van der Waals surface area contributed by atoms with Crippen molar-refractivity contribution in [2.75, 3.05) is 0 Å². The molecule has 0 bridgehead atoms. The van der Waals surface area contributed by atoms with Crippen molar-refractivity contribution in [1.29, 1.82) is 0 Å². The van der Waals surface area contributed by atoms with Crippen LogP contribution >= 0.6 is 11.8 Å². The molecule has 0 amide bonds. The number of thioether (sulfide) groups is 1. The standard InChI is InChI=1S/C11H18N2OS/c1-8-7-11(13(2)12-8)15-10-6-4-3-5-9(10)14/h7,9-10,14H,3-6H2,1-2H3/t9-,10-/m0/s1. The second-order valence-electron chi connectivity index (χ2n) is 4.26. The molecule has 1 heterocycles.